The molecular formula is C42H49F3N8O6. The Morgan fingerprint density at radius 1 is 0.983 bits per heavy atom. The number of imide groups is 1. The van der Waals surface area contributed by atoms with Crippen LogP contribution >= 0.6 is 0 Å². The molecule has 3 aliphatic heterocycles. The maximum absolute atomic E-state index is 13.5. The van der Waals surface area contributed by atoms with Gasteiger partial charge in [0.05, 0.1) is 30.0 Å². The monoisotopic (exact) mass is 818 g/mol. The van der Waals surface area contributed by atoms with Crippen molar-refractivity contribution in [2.24, 2.45) is 5.92 Å². The molecule has 0 unspecified atom stereocenters. The summed E-state index contributed by atoms with van der Waals surface area (Å²) in [6, 6.07) is 11.2. The normalized spacial score (nSPS) is 17.7. The van der Waals surface area contributed by atoms with E-state index in [1.54, 1.807) is 44.2 Å². The van der Waals surface area contributed by atoms with Crippen LogP contribution in [0.15, 0.2) is 54.7 Å². The smallest absolute Gasteiger partial charge is 0.433 e. The van der Waals surface area contributed by atoms with Gasteiger partial charge in [0, 0.05) is 67.5 Å². The number of methoxy groups -OCH3 is 1. The number of pyridine rings is 1. The number of fused-ring (bicyclic) bond motifs is 1. The van der Waals surface area contributed by atoms with E-state index in [-0.39, 0.29) is 36.5 Å². The Labute approximate surface area is 339 Å². The number of rotatable bonds is 11. The van der Waals surface area contributed by atoms with Crippen LogP contribution in [-0.4, -0.2) is 99.8 Å². The number of carbonyl (C=O) groups is 4. The number of nitrogens with zero attached hydrogens (tertiary/aromatic N) is 6. The molecule has 7 rings (SSSR count). The van der Waals surface area contributed by atoms with Gasteiger partial charge in [-0.15, -0.1) is 0 Å². The van der Waals surface area contributed by atoms with E-state index in [1.807, 2.05) is 15.8 Å². The molecule has 5 amide bonds. The van der Waals surface area contributed by atoms with Gasteiger partial charge in [-0.3, -0.25) is 29.3 Å². The second kappa shape index (κ2) is 17.0. The van der Waals surface area contributed by atoms with E-state index < -0.39 is 35.1 Å². The largest absolute Gasteiger partial charge is 0.495 e. The number of halogens is 3. The van der Waals surface area contributed by atoms with Gasteiger partial charge in [0.1, 0.15) is 17.1 Å². The maximum Gasteiger partial charge on any atom is 0.433 e. The molecule has 3 aliphatic rings. The minimum Gasteiger partial charge on any atom is -0.495 e. The summed E-state index contributed by atoms with van der Waals surface area (Å²) >= 11 is 0. The Morgan fingerprint density at radius 3 is 2.41 bits per heavy atom. The van der Waals surface area contributed by atoms with Crippen molar-refractivity contribution in [2.45, 2.75) is 76.6 Å². The molecule has 59 heavy (non-hydrogen) atoms. The SMILES string of the molecule is COc1ccc(C(=O)N2CCC(CCCN3CCC(n4cc5cc(NC(=O)c6cccc(C(F)(F)F)n6)c(C(C)(C)O)cc5n4)CC3)CC2)cc1N1CCC(=O)NC1=O. The lowest BCUT2D eigenvalue weighted by Crippen LogP contribution is -2.49. The van der Waals surface area contributed by atoms with Crippen LogP contribution in [0.4, 0.5) is 29.3 Å². The molecule has 0 atom stereocenters. The van der Waals surface area contributed by atoms with E-state index in [4.69, 9.17) is 9.84 Å². The molecule has 0 aliphatic carbocycles. The molecule has 0 saturated carbocycles. The zero-order chi connectivity index (χ0) is 42.1. The van der Waals surface area contributed by atoms with Gasteiger partial charge in [-0.05, 0) is 107 Å². The van der Waals surface area contributed by atoms with Gasteiger partial charge in [-0.25, -0.2) is 9.78 Å². The number of urea groups is 1. The Morgan fingerprint density at radius 2 is 1.73 bits per heavy atom. The third kappa shape index (κ3) is 9.51. The lowest BCUT2D eigenvalue weighted by molar-refractivity contribution is -0.141. The first-order valence-corrected chi connectivity index (χ1v) is 20.0. The molecule has 3 fully saturated rings. The first-order valence-electron chi connectivity index (χ1n) is 20.0. The van der Waals surface area contributed by atoms with Crippen molar-refractivity contribution in [2.75, 3.05) is 56.6 Å². The molecule has 0 radical (unpaired) electrons. The van der Waals surface area contributed by atoms with Crippen LogP contribution in [-0.2, 0) is 16.6 Å². The molecule has 3 saturated heterocycles. The van der Waals surface area contributed by atoms with Gasteiger partial charge in [0.15, 0.2) is 0 Å². The molecule has 4 aromatic rings. The van der Waals surface area contributed by atoms with Crippen LogP contribution in [0.25, 0.3) is 10.9 Å². The summed E-state index contributed by atoms with van der Waals surface area (Å²) in [7, 11) is 1.50. The highest BCUT2D eigenvalue weighted by Gasteiger charge is 2.34. The van der Waals surface area contributed by atoms with Crippen LogP contribution in [0.2, 0.25) is 0 Å². The van der Waals surface area contributed by atoms with Crippen molar-refractivity contribution in [1.82, 2.24) is 29.9 Å². The summed E-state index contributed by atoms with van der Waals surface area (Å²) < 4.78 is 47.1. The number of hydrogen-bond donors (Lipinski definition) is 3. The van der Waals surface area contributed by atoms with Crippen molar-refractivity contribution in [3.8, 4) is 5.75 Å². The van der Waals surface area contributed by atoms with Crippen molar-refractivity contribution in [3.05, 3.63) is 77.2 Å². The first kappa shape index (κ1) is 41.6. The number of nitrogens with one attached hydrogen (secondary N) is 2. The van der Waals surface area contributed by atoms with E-state index in [1.165, 1.54) is 18.1 Å². The number of alkyl halides is 3. The Balaban J connectivity index is 0.890. The zero-order valence-corrected chi connectivity index (χ0v) is 33.3. The van der Waals surface area contributed by atoms with Crippen molar-refractivity contribution < 1.29 is 42.2 Å². The number of carbonyl (C=O) groups excluding carboxylic acids is 4. The lowest BCUT2D eigenvalue weighted by atomic mass is 9.91. The summed E-state index contributed by atoms with van der Waals surface area (Å²) in [5.41, 5.74) is -0.756. The second-order valence-electron chi connectivity index (χ2n) is 16.1. The van der Waals surface area contributed by atoms with Crippen LogP contribution in [0.3, 0.4) is 0 Å². The van der Waals surface area contributed by atoms with Crippen LogP contribution in [0.5, 0.6) is 5.75 Å². The Bertz CT molecular complexity index is 2220. The molecule has 14 nitrogen and oxygen atoms in total. The minimum absolute atomic E-state index is 0.0924. The van der Waals surface area contributed by atoms with Crippen molar-refractivity contribution >= 4 is 46.0 Å². The average Bonchev–Trinajstić information content (AvgIpc) is 3.63. The first-order chi connectivity index (χ1) is 28.1. The molecular weight excluding hydrogens is 770 g/mol. The number of amides is 5. The summed E-state index contributed by atoms with van der Waals surface area (Å²) in [6.45, 7) is 7.45. The minimum atomic E-state index is -4.70. The third-order valence-electron chi connectivity index (χ3n) is 11.5. The quantitative estimate of drug-likeness (QED) is 0.157. The van der Waals surface area contributed by atoms with Gasteiger partial charge in [-0.1, -0.05) is 6.07 Å². The highest BCUT2D eigenvalue weighted by Crippen LogP contribution is 2.35. The number of anilines is 2. The third-order valence-corrected chi connectivity index (χ3v) is 11.5. The van der Waals surface area contributed by atoms with Gasteiger partial charge in [0.2, 0.25) is 5.91 Å². The number of likely N-dealkylation sites (tertiary alicyclic amines) is 2. The van der Waals surface area contributed by atoms with Gasteiger partial charge in [-0.2, -0.15) is 18.3 Å². The van der Waals surface area contributed by atoms with Crippen LogP contribution in [0, 0.1) is 5.92 Å². The molecule has 5 heterocycles. The number of ether oxygens (including phenoxy) is 1. The van der Waals surface area contributed by atoms with Gasteiger partial charge in [0.25, 0.3) is 11.8 Å². The van der Waals surface area contributed by atoms with Crippen molar-refractivity contribution in [3.63, 3.8) is 0 Å². The number of hydrogen-bond acceptors (Lipinski definition) is 9. The molecule has 0 bridgehead atoms. The molecule has 2 aromatic carbocycles. The highest BCUT2D eigenvalue weighted by atomic mass is 19.4. The standard InChI is InChI=1S/C42H49F3N8O6/c1-41(2,58)30-24-32-28(22-33(30)47-38(55)31-7-4-8-36(46-31)42(43,44)45)25-53(49-32)29-13-17-50(18-14-29)16-5-6-26-11-19-51(20-12-26)39(56)27-9-10-35(59-3)34(23-27)52-21-15-37(54)48-40(52)57/h4,7-10,22-26,29,58H,5-6,11-21H2,1-3H3,(H,47,55)(H,48,54,57). The van der Waals surface area contributed by atoms with E-state index in [0.717, 1.165) is 75.7 Å². The van der Waals surface area contributed by atoms with Gasteiger partial charge < -0.3 is 25.0 Å². The predicted molar refractivity (Wildman–Crippen MR) is 213 cm³/mol. The van der Waals surface area contributed by atoms with E-state index in [9.17, 15) is 37.5 Å². The lowest BCUT2D eigenvalue weighted by Gasteiger charge is -2.34. The van der Waals surface area contributed by atoms with E-state index in [0.29, 0.717) is 47.1 Å². The Hall–Kier alpha value is -5.55. The molecule has 2 aromatic heterocycles. The van der Waals surface area contributed by atoms with Crippen LogP contribution in [0.1, 0.15) is 96.9 Å². The fourth-order valence-electron chi connectivity index (χ4n) is 8.24. The summed E-state index contributed by atoms with van der Waals surface area (Å²) in [5, 5.41) is 21.5. The fourth-order valence-corrected chi connectivity index (χ4v) is 8.24. The average molecular weight is 819 g/mol. The number of piperidine rings is 2. The number of aliphatic hydroxyl groups is 1. The Kier molecular flexibility index (Phi) is 12.0. The summed E-state index contributed by atoms with van der Waals surface area (Å²) in [4.78, 5) is 60.0. The van der Waals surface area contributed by atoms with Crippen LogP contribution < -0.4 is 20.3 Å². The molecule has 17 heteroatoms. The second-order valence-corrected chi connectivity index (χ2v) is 16.1. The topological polar surface area (TPSA) is 162 Å². The highest BCUT2D eigenvalue weighted by molar-refractivity contribution is 6.07. The van der Waals surface area contributed by atoms with Gasteiger partial charge >= 0.3 is 12.2 Å². The summed E-state index contributed by atoms with van der Waals surface area (Å²) in [6.07, 6.45) is 3.14. The fraction of sp³-hybridized carbons (Fsp3) is 0.476. The maximum atomic E-state index is 13.5. The zero-order valence-electron chi connectivity index (χ0n) is 33.3. The molecule has 0 spiro atoms. The predicted octanol–water partition coefficient (Wildman–Crippen LogP) is 6.35. The number of aromatic nitrogens is 3. The molecule has 314 valence electrons. The van der Waals surface area contributed by atoms with E-state index in [2.05, 4.69) is 20.5 Å². The van der Waals surface area contributed by atoms with Crippen molar-refractivity contribution in [1.29, 1.82) is 0 Å². The number of benzene rings is 2. The molecule has 3 N–H and O–H groups in total. The van der Waals surface area contributed by atoms with E-state index >= 15 is 0 Å². The summed E-state index contributed by atoms with van der Waals surface area (Å²) in [5.74, 6) is -0.276.